The summed E-state index contributed by atoms with van der Waals surface area (Å²) in [6.07, 6.45) is 1.24. The number of halogens is 3. The lowest BCUT2D eigenvalue weighted by molar-refractivity contribution is 0.507. The normalized spacial score (nSPS) is 15.4. The largest absolute Gasteiger partial charge is 0.348 e. The van der Waals surface area contributed by atoms with Gasteiger partial charge in [0, 0.05) is 24.9 Å². The molecule has 4 nitrogen and oxygen atoms in total. The molecule has 1 aliphatic heterocycles. The molecule has 0 radical (unpaired) electrons. The molecule has 0 saturated carbocycles. The van der Waals surface area contributed by atoms with Crippen molar-refractivity contribution in [3.05, 3.63) is 76.1 Å². The fourth-order valence-electron chi connectivity index (χ4n) is 3.80. The lowest BCUT2D eigenvalue weighted by atomic mass is 10.1. The number of nitrogens with zero attached hydrogens (tertiary/aromatic N) is 2. The van der Waals surface area contributed by atoms with Crippen molar-refractivity contribution in [3.63, 3.8) is 0 Å². The predicted molar refractivity (Wildman–Crippen MR) is 115 cm³/mol. The lowest BCUT2D eigenvalue weighted by Gasteiger charge is -2.31. The number of hydrogen-bond acceptors (Lipinski definition) is 5. The minimum atomic E-state index is -3.61. The van der Waals surface area contributed by atoms with E-state index in [4.69, 9.17) is 0 Å². The average Bonchev–Trinajstić information content (AvgIpc) is 3.21. The molecule has 0 amide bonds. The average molecular weight is 467 g/mol. The third-order valence-corrected chi connectivity index (χ3v) is 8.87. The van der Waals surface area contributed by atoms with Gasteiger partial charge in [-0.15, -0.1) is 11.3 Å². The van der Waals surface area contributed by atoms with Crippen molar-refractivity contribution < 1.29 is 21.6 Å². The number of hydrogen-bond donors (Lipinski definition) is 0. The van der Waals surface area contributed by atoms with Crippen molar-refractivity contribution in [2.75, 3.05) is 18.0 Å². The Morgan fingerprint density at radius 1 is 1.06 bits per heavy atom. The van der Waals surface area contributed by atoms with Gasteiger partial charge in [-0.3, -0.25) is 0 Å². The molecule has 0 aliphatic carbocycles. The zero-order valence-electron chi connectivity index (χ0n) is 16.8. The van der Waals surface area contributed by atoms with Gasteiger partial charge in [-0.05, 0) is 55.2 Å². The molecule has 0 unspecified atom stereocenters. The number of thiazole rings is 1. The van der Waals surface area contributed by atoms with Crippen LogP contribution in [0.4, 0.5) is 18.3 Å². The van der Waals surface area contributed by atoms with Crippen molar-refractivity contribution in [2.45, 2.75) is 36.3 Å². The van der Waals surface area contributed by atoms with Crippen LogP contribution in [0.5, 0.6) is 0 Å². The Kier molecular flexibility index (Phi) is 6.07. The standard InChI is InChI=1S/C22H21F3N2O2S2/c1-14-2-4-16(23)12-21(14)31(28,29)18-6-8-27(9-7-18)22-26-17(13-30-22)10-15-3-5-19(24)20(25)11-15/h2-5,11-13,18H,6-10H2,1H3. The van der Waals surface area contributed by atoms with Crippen LogP contribution in [0.1, 0.15) is 29.7 Å². The maximum Gasteiger partial charge on any atom is 0.185 e. The van der Waals surface area contributed by atoms with E-state index in [1.165, 1.54) is 35.6 Å². The van der Waals surface area contributed by atoms with Crippen molar-refractivity contribution >= 4 is 26.3 Å². The van der Waals surface area contributed by atoms with E-state index >= 15 is 0 Å². The predicted octanol–water partition coefficient (Wildman–Crippen LogP) is 4.90. The van der Waals surface area contributed by atoms with Gasteiger partial charge in [0.05, 0.1) is 15.8 Å². The van der Waals surface area contributed by atoms with Gasteiger partial charge in [-0.25, -0.2) is 26.6 Å². The maximum absolute atomic E-state index is 13.6. The Morgan fingerprint density at radius 2 is 1.81 bits per heavy atom. The third kappa shape index (κ3) is 4.62. The highest BCUT2D eigenvalue weighted by Crippen LogP contribution is 2.31. The molecule has 0 atom stereocenters. The molecule has 164 valence electrons. The van der Waals surface area contributed by atoms with Crippen LogP contribution in [0.25, 0.3) is 0 Å². The molecular weight excluding hydrogens is 445 g/mol. The molecule has 2 heterocycles. The molecule has 3 aromatic rings. The van der Waals surface area contributed by atoms with Crippen LogP contribution in [0.15, 0.2) is 46.7 Å². The van der Waals surface area contributed by atoms with Crippen LogP contribution in [0, 0.1) is 24.4 Å². The molecule has 1 saturated heterocycles. The van der Waals surface area contributed by atoms with Crippen molar-refractivity contribution in [1.29, 1.82) is 0 Å². The number of piperidine rings is 1. The molecule has 1 fully saturated rings. The number of anilines is 1. The van der Waals surface area contributed by atoms with Gasteiger partial charge in [0.2, 0.25) is 0 Å². The zero-order chi connectivity index (χ0) is 22.2. The van der Waals surface area contributed by atoms with Gasteiger partial charge in [0.25, 0.3) is 0 Å². The number of rotatable bonds is 5. The maximum atomic E-state index is 13.6. The monoisotopic (exact) mass is 466 g/mol. The van der Waals surface area contributed by atoms with E-state index in [9.17, 15) is 21.6 Å². The van der Waals surface area contributed by atoms with E-state index in [1.54, 1.807) is 6.92 Å². The summed E-state index contributed by atoms with van der Waals surface area (Å²) in [4.78, 5) is 6.68. The van der Waals surface area contributed by atoms with E-state index in [0.717, 1.165) is 23.0 Å². The van der Waals surface area contributed by atoms with Crippen LogP contribution in [0.3, 0.4) is 0 Å². The van der Waals surface area contributed by atoms with Crippen LogP contribution in [0.2, 0.25) is 0 Å². The van der Waals surface area contributed by atoms with E-state index in [1.807, 2.05) is 10.3 Å². The first-order valence-corrected chi connectivity index (χ1v) is 12.3. The smallest absolute Gasteiger partial charge is 0.185 e. The number of aromatic nitrogens is 1. The Labute approximate surface area is 183 Å². The molecule has 1 aromatic heterocycles. The highest BCUT2D eigenvalue weighted by Gasteiger charge is 2.33. The second kappa shape index (κ2) is 8.63. The van der Waals surface area contributed by atoms with Crippen molar-refractivity contribution in [3.8, 4) is 0 Å². The lowest BCUT2D eigenvalue weighted by Crippen LogP contribution is -2.39. The molecule has 1 aliphatic rings. The minimum Gasteiger partial charge on any atom is -0.348 e. The minimum absolute atomic E-state index is 0.0639. The summed E-state index contributed by atoms with van der Waals surface area (Å²) in [6, 6.07) is 7.64. The molecule has 0 bridgehead atoms. The number of benzene rings is 2. The SMILES string of the molecule is Cc1ccc(F)cc1S(=O)(=O)C1CCN(c2nc(Cc3ccc(F)c(F)c3)cs2)CC1. The van der Waals surface area contributed by atoms with Crippen LogP contribution >= 0.6 is 11.3 Å². The summed E-state index contributed by atoms with van der Waals surface area (Å²) in [5, 5.41) is 2.08. The highest BCUT2D eigenvalue weighted by atomic mass is 32.2. The van der Waals surface area contributed by atoms with E-state index in [0.29, 0.717) is 43.5 Å². The van der Waals surface area contributed by atoms with E-state index in [2.05, 4.69) is 4.98 Å². The molecule has 2 aromatic carbocycles. The van der Waals surface area contributed by atoms with E-state index in [-0.39, 0.29) is 4.90 Å². The zero-order valence-corrected chi connectivity index (χ0v) is 18.4. The first-order valence-electron chi connectivity index (χ1n) is 9.87. The molecule has 9 heteroatoms. The summed E-state index contributed by atoms with van der Waals surface area (Å²) < 4.78 is 66.1. The molecule has 0 N–H and O–H groups in total. The second-order valence-corrected chi connectivity index (χ2v) is 10.7. The first kappa shape index (κ1) is 21.8. The fourth-order valence-corrected chi connectivity index (χ4v) is 6.66. The van der Waals surface area contributed by atoms with Crippen molar-refractivity contribution in [2.24, 2.45) is 0 Å². The molecule has 4 rings (SSSR count). The Bertz CT molecular complexity index is 1200. The van der Waals surface area contributed by atoms with E-state index < -0.39 is 32.5 Å². The topological polar surface area (TPSA) is 50.3 Å². The fraction of sp³-hybridized carbons (Fsp3) is 0.318. The Morgan fingerprint density at radius 3 is 2.52 bits per heavy atom. The van der Waals surface area contributed by atoms with Crippen LogP contribution < -0.4 is 4.90 Å². The molecule has 31 heavy (non-hydrogen) atoms. The first-order chi connectivity index (χ1) is 14.7. The van der Waals surface area contributed by atoms with Gasteiger partial charge in [0.1, 0.15) is 5.82 Å². The van der Waals surface area contributed by atoms with Crippen LogP contribution in [-0.4, -0.2) is 31.7 Å². The van der Waals surface area contributed by atoms with Crippen LogP contribution in [-0.2, 0) is 16.3 Å². The summed E-state index contributed by atoms with van der Waals surface area (Å²) in [7, 11) is -3.61. The quantitative estimate of drug-likeness (QED) is 0.537. The van der Waals surface area contributed by atoms with Gasteiger partial charge in [-0.1, -0.05) is 12.1 Å². The van der Waals surface area contributed by atoms with Gasteiger partial charge in [0.15, 0.2) is 26.6 Å². The second-order valence-electron chi connectivity index (χ2n) is 7.69. The van der Waals surface area contributed by atoms with Gasteiger partial charge >= 0.3 is 0 Å². The Hall–Kier alpha value is -2.39. The molecular formula is C22H21F3N2O2S2. The highest BCUT2D eigenvalue weighted by molar-refractivity contribution is 7.92. The number of aryl methyl sites for hydroxylation is 1. The summed E-state index contributed by atoms with van der Waals surface area (Å²) in [6.45, 7) is 2.72. The van der Waals surface area contributed by atoms with Crippen molar-refractivity contribution in [1.82, 2.24) is 4.98 Å². The Balaban J connectivity index is 1.42. The third-order valence-electron chi connectivity index (χ3n) is 5.52. The molecule has 0 spiro atoms. The summed E-state index contributed by atoms with van der Waals surface area (Å²) >= 11 is 1.44. The summed E-state index contributed by atoms with van der Waals surface area (Å²) in [5.41, 5.74) is 1.92. The van der Waals surface area contributed by atoms with Gasteiger partial charge < -0.3 is 4.90 Å². The summed E-state index contributed by atoms with van der Waals surface area (Å²) in [5.74, 6) is -2.32. The van der Waals surface area contributed by atoms with Gasteiger partial charge in [-0.2, -0.15) is 0 Å². The number of sulfone groups is 1.